The van der Waals surface area contributed by atoms with Crippen molar-refractivity contribution in [3.8, 4) is 5.82 Å². The Bertz CT molecular complexity index is 1120. The number of carbonyl (C=O) groups excluding carboxylic acids is 1. The van der Waals surface area contributed by atoms with Gasteiger partial charge in [-0.3, -0.25) is 14.3 Å². The lowest BCUT2D eigenvalue weighted by Gasteiger charge is -2.10. The number of imidazole rings is 1. The molecule has 28 heavy (non-hydrogen) atoms. The van der Waals surface area contributed by atoms with Crippen LogP contribution in [0.2, 0.25) is 0 Å². The summed E-state index contributed by atoms with van der Waals surface area (Å²) in [7, 11) is 0. The fourth-order valence-corrected chi connectivity index (χ4v) is 2.95. The number of nitrogens with zero attached hydrogens (tertiary/aromatic N) is 5. The topological polar surface area (TPSA) is 97.6 Å². The molecule has 0 radical (unpaired) electrons. The zero-order valence-corrected chi connectivity index (χ0v) is 15.3. The Morgan fingerprint density at radius 2 is 1.93 bits per heavy atom. The Balaban J connectivity index is 1.36. The number of benzene rings is 1. The van der Waals surface area contributed by atoms with Crippen molar-refractivity contribution in [1.29, 1.82) is 0 Å². The minimum atomic E-state index is -0.198. The molecule has 140 valence electrons. The minimum Gasteiger partial charge on any atom is -0.368 e. The Morgan fingerprint density at radius 1 is 1.04 bits per heavy atom. The Kier molecular flexibility index (Phi) is 4.92. The first-order valence-corrected chi connectivity index (χ1v) is 8.90. The van der Waals surface area contributed by atoms with Gasteiger partial charge < -0.3 is 10.6 Å². The van der Waals surface area contributed by atoms with Gasteiger partial charge in [0.1, 0.15) is 29.5 Å². The third kappa shape index (κ3) is 3.66. The molecule has 0 fully saturated rings. The van der Waals surface area contributed by atoms with Crippen LogP contribution in [0.5, 0.6) is 0 Å². The highest BCUT2D eigenvalue weighted by molar-refractivity contribution is 6.05. The molecule has 0 aliphatic carbocycles. The van der Waals surface area contributed by atoms with Gasteiger partial charge in [-0.05, 0) is 18.4 Å². The summed E-state index contributed by atoms with van der Waals surface area (Å²) in [5.74, 6) is 2.06. The average Bonchev–Trinajstić information content (AvgIpc) is 3.17. The smallest absolute Gasteiger partial charge is 0.270 e. The van der Waals surface area contributed by atoms with E-state index < -0.39 is 0 Å². The maximum absolute atomic E-state index is 12.5. The van der Waals surface area contributed by atoms with Crippen molar-refractivity contribution in [1.82, 2.24) is 29.8 Å². The van der Waals surface area contributed by atoms with Crippen LogP contribution in [0.4, 0.5) is 5.82 Å². The van der Waals surface area contributed by atoms with E-state index in [1.165, 1.54) is 6.33 Å². The first kappa shape index (κ1) is 17.6. The summed E-state index contributed by atoms with van der Waals surface area (Å²) in [5, 5.41) is 7.91. The van der Waals surface area contributed by atoms with E-state index in [2.05, 4.69) is 30.6 Å². The molecule has 4 rings (SSSR count). The van der Waals surface area contributed by atoms with Crippen LogP contribution >= 0.6 is 0 Å². The highest BCUT2D eigenvalue weighted by Crippen LogP contribution is 2.16. The zero-order valence-electron chi connectivity index (χ0n) is 15.3. The zero-order chi connectivity index (χ0) is 19.3. The highest BCUT2D eigenvalue weighted by atomic mass is 16.1. The van der Waals surface area contributed by atoms with E-state index in [-0.39, 0.29) is 5.91 Å². The molecule has 1 amide bonds. The lowest BCUT2D eigenvalue weighted by molar-refractivity contribution is 0.0952. The van der Waals surface area contributed by atoms with Crippen LogP contribution in [0.3, 0.4) is 0 Å². The van der Waals surface area contributed by atoms with Crippen LogP contribution in [0.1, 0.15) is 16.3 Å². The predicted octanol–water partition coefficient (Wildman–Crippen LogP) is 2.36. The third-order valence-electron chi connectivity index (χ3n) is 4.33. The lowest BCUT2D eigenvalue weighted by atomic mass is 10.1. The van der Waals surface area contributed by atoms with E-state index >= 15 is 0 Å². The number of hydrogen-bond donors (Lipinski definition) is 2. The summed E-state index contributed by atoms with van der Waals surface area (Å²) in [6, 6.07) is 11.4. The van der Waals surface area contributed by atoms with Crippen LogP contribution in [0, 0.1) is 6.92 Å². The quantitative estimate of drug-likeness (QED) is 0.504. The number of aromatic nitrogens is 5. The fourth-order valence-electron chi connectivity index (χ4n) is 2.95. The first-order chi connectivity index (χ1) is 13.7. The van der Waals surface area contributed by atoms with Crippen molar-refractivity contribution in [2.24, 2.45) is 0 Å². The van der Waals surface area contributed by atoms with Crippen molar-refractivity contribution in [3.63, 3.8) is 0 Å². The van der Waals surface area contributed by atoms with E-state index in [9.17, 15) is 4.79 Å². The fraction of sp³-hybridized carbons (Fsp3) is 0.150. The van der Waals surface area contributed by atoms with E-state index in [0.29, 0.717) is 24.6 Å². The summed E-state index contributed by atoms with van der Waals surface area (Å²) < 4.78 is 1.88. The molecular weight excluding hydrogens is 354 g/mol. The lowest BCUT2D eigenvalue weighted by Crippen LogP contribution is -2.29. The molecule has 0 spiro atoms. The van der Waals surface area contributed by atoms with Crippen LogP contribution in [-0.2, 0) is 0 Å². The van der Waals surface area contributed by atoms with Crippen LogP contribution in [-0.4, -0.2) is 43.5 Å². The summed E-state index contributed by atoms with van der Waals surface area (Å²) in [6.07, 6.45) is 6.71. The molecule has 3 aromatic heterocycles. The molecule has 2 N–H and O–H groups in total. The molecular formula is C20H19N7O. The maximum Gasteiger partial charge on any atom is 0.270 e. The van der Waals surface area contributed by atoms with Crippen molar-refractivity contribution in [2.75, 3.05) is 18.4 Å². The van der Waals surface area contributed by atoms with E-state index in [1.54, 1.807) is 12.4 Å². The number of fused-ring (bicyclic) bond motifs is 1. The van der Waals surface area contributed by atoms with Gasteiger partial charge in [-0.2, -0.15) is 0 Å². The SMILES string of the molecule is Cc1nccn1-c1cc(NCCNC(=O)c2nccc3ccccc23)ncn1. The monoisotopic (exact) mass is 373 g/mol. The molecule has 0 bridgehead atoms. The number of nitrogens with one attached hydrogen (secondary N) is 2. The molecule has 0 aliphatic heterocycles. The standard InChI is InChI=1S/C20H19N7O/c1-14-21-10-11-27(14)18-12-17(25-13-26-18)22-8-9-24-20(28)19-16-5-3-2-4-15(16)6-7-23-19/h2-7,10-13H,8-9H2,1H3,(H,24,28)(H,22,25,26). The number of hydrogen-bond acceptors (Lipinski definition) is 6. The third-order valence-corrected chi connectivity index (χ3v) is 4.33. The number of carbonyl (C=O) groups is 1. The van der Waals surface area contributed by atoms with Crippen LogP contribution < -0.4 is 10.6 Å². The minimum absolute atomic E-state index is 0.198. The van der Waals surface area contributed by atoms with Gasteiger partial charge in [-0.1, -0.05) is 24.3 Å². The van der Waals surface area contributed by atoms with Crippen molar-refractivity contribution < 1.29 is 4.79 Å². The Morgan fingerprint density at radius 3 is 2.79 bits per heavy atom. The average molecular weight is 373 g/mol. The molecule has 0 atom stereocenters. The molecule has 8 nitrogen and oxygen atoms in total. The van der Waals surface area contributed by atoms with Gasteiger partial charge in [0.25, 0.3) is 5.91 Å². The van der Waals surface area contributed by atoms with Gasteiger partial charge in [-0.15, -0.1) is 0 Å². The van der Waals surface area contributed by atoms with Gasteiger partial charge in [-0.25, -0.2) is 15.0 Å². The largest absolute Gasteiger partial charge is 0.368 e. The number of anilines is 1. The first-order valence-electron chi connectivity index (χ1n) is 8.90. The van der Waals surface area contributed by atoms with E-state index in [4.69, 9.17) is 0 Å². The van der Waals surface area contributed by atoms with Gasteiger partial charge in [0.05, 0.1) is 0 Å². The van der Waals surface area contributed by atoms with Gasteiger partial charge >= 0.3 is 0 Å². The summed E-state index contributed by atoms with van der Waals surface area (Å²) in [6.45, 7) is 2.87. The second-order valence-electron chi connectivity index (χ2n) is 6.17. The van der Waals surface area contributed by atoms with Crippen LogP contribution in [0.25, 0.3) is 16.6 Å². The molecule has 8 heteroatoms. The molecule has 0 unspecified atom stereocenters. The van der Waals surface area contributed by atoms with Crippen molar-refractivity contribution in [3.05, 3.63) is 72.8 Å². The van der Waals surface area contributed by atoms with Crippen molar-refractivity contribution >= 4 is 22.5 Å². The van der Waals surface area contributed by atoms with Gasteiger partial charge in [0.15, 0.2) is 0 Å². The van der Waals surface area contributed by atoms with E-state index in [0.717, 1.165) is 22.4 Å². The van der Waals surface area contributed by atoms with Gasteiger partial charge in [0.2, 0.25) is 0 Å². The molecule has 1 aromatic carbocycles. The summed E-state index contributed by atoms with van der Waals surface area (Å²) >= 11 is 0. The summed E-state index contributed by atoms with van der Waals surface area (Å²) in [5.41, 5.74) is 0.429. The Hall–Kier alpha value is -3.81. The van der Waals surface area contributed by atoms with Gasteiger partial charge in [0, 0.05) is 43.1 Å². The maximum atomic E-state index is 12.5. The Labute approximate surface area is 161 Å². The highest BCUT2D eigenvalue weighted by Gasteiger charge is 2.10. The normalized spacial score (nSPS) is 10.8. The predicted molar refractivity (Wildman–Crippen MR) is 106 cm³/mol. The second kappa shape index (κ2) is 7.83. The molecule has 4 aromatic rings. The molecule has 0 saturated heterocycles. The number of pyridine rings is 1. The number of amides is 1. The molecule has 0 aliphatic rings. The van der Waals surface area contributed by atoms with E-state index in [1.807, 2.05) is 54.1 Å². The summed E-state index contributed by atoms with van der Waals surface area (Å²) in [4.78, 5) is 29.4. The molecule has 0 saturated carbocycles. The molecule has 3 heterocycles. The number of rotatable bonds is 6. The van der Waals surface area contributed by atoms with Crippen LogP contribution in [0.15, 0.2) is 61.3 Å². The number of aryl methyl sites for hydroxylation is 1. The van der Waals surface area contributed by atoms with Crippen molar-refractivity contribution in [2.45, 2.75) is 6.92 Å². The second-order valence-corrected chi connectivity index (χ2v) is 6.17.